The van der Waals surface area contributed by atoms with E-state index in [0.717, 1.165) is 18.0 Å². The minimum Gasteiger partial charge on any atom is -0.330 e. The highest BCUT2D eigenvalue weighted by Crippen LogP contribution is 2.22. The van der Waals surface area contributed by atoms with E-state index in [-0.39, 0.29) is 0 Å². The van der Waals surface area contributed by atoms with Crippen molar-refractivity contribution in [2.24, 2.45) is 5.73 Å². The summed E-state index contributed by atoms with van der Waals surface area (Å²) in [6, 6.07) is 8.10. The summed E-state index contributed by atoms with van der Waals surface area (Å²) in [4.78, 5) is 2.53. The molecule has 2 nitrogen and oxygen atoms in total. The molecule has 2 rings (SSSR count). The Morgan fingerprint density at radius 2 is 2.06 bits per heavy atom. The van der Waals surface area contributed by atoms with Crippen LogP contribution >= 0.6 is 11.6 Å². The molecule has 0 saturated carbocycles. The van der Waals surface area contributed by atoms with Crippen LogP contribution in [-0.2, 0) is 0 Å². The maximum absolute atomic E-state index is 6.02. The van der Waals surface area contributed by atoms with E-state index in [2.05, 4.69) is 11.0 Å². The second-order valence-electron chi connectivity index (χ2n) is 4.83. The molecule has 1 aliphatic rings. The van der Waals surface area contributed by atoms with Crippen LogP contribution in [0.15, 0.2) is 24.3 Å². The zero-order valence-electron chi connectivity index (χ0n) is 10.2. The van der Waals surface area contributed by atoms with Crippen LogP contribution in [0.5, 0.6) is 0 Å². The van der Waals surface area contributed by atoms with Gasteiger partial charge in [-0.05, 0) is 69.1 Å². The molecule has 1 aliphatic heterocycles. The first-order chi connectivity index (χ1) is 8.29. The van der Waals surface area contributed by atoms with Gasteiger partial charge in [0, 0.05) is 5.02 Å². The smallest absolute Gasteiger partial charge is 0.0408 e. The van der Waals surface area contributed by atoms with Crippen LogP contribution in [0, 0.1) is 0 Å². The molecule has 0 bridgehead atoms. The Kier molecular flexibility index (Phi) is 4.84. The van der Waals surface area contributed by atoms with Crippen LogP contribution in [0.2, 0.25) is 5.02 Å². The summed E-state index contributed by atoms with van der Waals surface area (Å²) >= 11 is 6.02. The number of nitrogens with zero attached hydrogens (tertiary/aromatic N) is 1. The van der Waals surface area contributed by atoms with Gasteiger partial charge in [0.15, 0.2) is 0 Å². The van der Waals surface area contributed by atoms with E-state index in [9.17, 15) is 0 Å². The lowest BCUT2D eigenvalue weighted by Gasteiger charge is -2.20. The molecular weight excluding hydrogens is 232 g/mol. The zero-order chi connectivity index (χ0) is 12.1. The second kappa shape index (κ2) is 6.39. The molecule has 1 fully saturated rings. The molecular formula is C14H21ClN2. The maximum Gasteiger partial charge on any atom is 0.0408 e. The van der Waals surface area contributed by atoms with Gasteiger partial charge in [0.25, 0.3) is 0 Å². The molecule has 0 aromatic heterocycles. The summed E-state index contributed by atoms with van der Waals surface area (Å²) in [6.07, 6.45) is 3.84. The van der Waals surface area contributed by atoms with Gasteiger partial charge in [-0.25, -0.2) is 0 Å². The first-order valence-corrected chi connectivity index (χ1v) is 6.85. The molecule has 2 N–H and O–H groups in total. The fourth-order valence-electron chi connectivity index (χ4n) is 2.53. The number of rotatable bonds is 5. The molecule has 1 aromatic rings. The van der Waals surface area contributed by atoms with Crippen LogP contribution in [0.25, 0.3) is 0 Å². The molecule has 0 aliphatic carbocycles. The van der Waals surface area contributed by atoms with Crippen molar-refractivity contribution in [2.45, 2.75) is 25.2 Å². The van der Waals surface area contributed by atoms with Crippen molar-refractivity contribution in [3.05, 3.63) is 34.9 Å². The number of hydrogen-bond donors (Lipinski definition) is 1. The minimum atomic E-state index is 0.439. The molecule has 0 radical (unpaired) electrons. The summed E-state index contributed by atoms with van der Waals surface area (Å²) < 4.78 is 0. The van der Waals surface area contributed by atoms with Crippen molar-refractivity contribution in [2.75, 3.05) is 26.2 Å². The Morgan fingerprint density at radius 1 is 1.29 bits per heavy atom. The standard InChI is InChI=1S/C14H21ClN2/c15-14-5-3-4-12(10-14)13(11-16)6-9-17-7-1-2-8-17/h3-5,10,13H,1-2,6-9,11,16H2. The van der Waals surface area contributed by atoms with Gasteiger partial charge >= 0.3 is 0 Å². The summed E-state index contributed by atoms with van der Waals surface area (Å²) in [5.41, 5.74) is 7.16. The molecule has 3 heteroatoms. The number of halogens is 1. The van der Waals surface area contributed by atoms with E-state index in [1.54, 1.807) is 0 Å². The molecule has 1 aromatic carbocycles. The normalized spacial score (nSPS) is 18.5. The van der Waals surface area contributed by atoms with E-state index < -0.39 is 0 Å². The Hall–Kier alpha value is -0.570. The van der Waals surface area contributed by atoms with Gasteiger partial charge < -0.3 is 10.6 Å². The second-order valence-corrected chi connectivity index (χ2v) is 5.26. The zero-order valence-corrected chi connectivity index (χ0v) is 11.0. The lowest BCUT2D eigenvalue weighted by molar-refractivity contribution is 0.322. The fraction of sp³-hybridized carbons (Fsp3) is 0.571. The van der Waals surface area contributed by atoms with Gasteiger partial charge in [-0.1, -0.05) is 23.7 Å². The topological polar surface area (TPSA) is 29.3 Å². The van der Waals surface area contributed by atoms with Gasteiger partial charge in [0.05, 0.1) is 0 Å². The third-order valence-electron chi connectivity index (χ3n) is 3.60. The highest BCUT2D eigenvalue weighted by molar-refractivity contribution is 6.30. The van der Waals surface area contributed by atoms with Crippen LogP contribution < -0.4 is 5.73 Å². The van der Waals surface area contributed by atoms with Gasteiger partial charge in [-0.15, -0.1) is 0 Å². The number of likely N-dealkylation sites (tertiary alicyclic amines) is 1. The first-order valence-electron chi connectivity index (χ1n) is 6.47. The highest BCUT2D eigenvalue weighted by atomic mass is 35.5. The number of nitrogens with two attached hydrogens (primary N) is 1. The minimum absolute atomic E-state index is 0.439. The SMILES string of the molecule is NCC(CCN1CCCC1)c1cccc(Cl)c1. The molecule has 1 heterocycles. The van der Waals surface area contributed by atoms with E-state index in [1.807, 2.05) is 18.2 Å². The quantitative estimate of drug-likeness (QED) is 0.873. The molecule has 0 amide bonds. The van der Waals surface area contributed by atoms with Crippen LogP contribution in [-0.4, -0.2) is 31.1 Å². The summed E-state index contributed by atoms with van der Waals surface area (Å²) in [6.45, 7) is 4.38. The molecule has 94 valence electrons. The van der Waals surface area contributed by atoms with Gasteiger partial charge in [0.2, 0.25) is 0 Å². The first kappa shape index (κ1) is 12.9. The van der Waals surface area contributed by atoms with E-state index >= 15 is 0 Å². The molecule has 0 spiro atoms. The highest BCUT2D eigenvalue weighted by Gasteiger charge is 2.15. The van der Waals surface area contributed by atoms with E-state index in [4.69, 9.17) is 17.3 Å². The predicted molar refractivity (Wildman–Crippen MR) is 73.5 cm³/mol. The van der Waals surface area contributed by atoms with Crippen LogP contribution in [0.4, 0.5) is 0 Å². The molecule has 17 heavy (non-hydrogen) atoms. The van der Waals surface area contributed by atoms with Crippen molar-refractivity contribution >= 4 is 11.6 Å². The van der Waals surface area contributed by atoms with Crippen molar-refractivity contribution in [1.29, 1.82) is 0 Å². The van der Waals surface area contributed by atoms with Gasteiger partial charge in [-0.2, -0.15) is 0 Å². The van der Waals surface area contributed by atoms with Crippen LogP contribution in [0.3, 0.4) is 0 Å². The Bertz CT molecular complexity index is 348. The summed E-state index contributed by atoms with van der Waals surface area (Å²) in [5, 5.41) is 0.808. The number of benzene rings is 1. The maximum atomic E-state index is 6.02. The third kappa shape index (κ3) is 3.70. The Balaban J connectivity index is 1.91. The lowest BCUT2D eigenvalue weighted by atomic mass is 9.96. The average Bonchev–Trinajstić information content (AvgIpc) is 2.83. The van der Waals surface area contributed by atoms with Crippen molar-refractivity contribution in [1.82, 2.24) is 4.90 Å². The lowest BCUT2D eigenvalue weighted by Crippen LogP contribution is -2.24. The van der Waals surface area contributed by atoms with E-state index in [0.29, 0.717) is 12.5 Å². The third-order valence-corrected chi connectivity index (χ3v) is 3.83. The molecule has 1 atom stereocenters. The summed E-state index contributed by atoms with van der Waals surface area (Å²) in [5.74, 6) is 0.439. The largest absolute Gasteiger partial charge is 0.330 e. The average molecular weight is 253 g/mol. The Labute approximate surface area is 109 Å². The van der Waals surface area contributed by atoms with E-state index in [1.165, 1.54) is 31.5 Å². The van der Waals surface area contributed by atoms with Crippen molar-refractivity contribution in [3.63, 3.8) is 0 Å². The van der Waals surface area contributed by atoms with Gasteiger partial charge in [-0.3, -0.25) is 0 Å². The monoisotopic (exact) mass is 252 g/mol. The van der Waals surface area contributed by atoms with Gasteiger partial charge in [0.1, 0.15) is 0 Å². The fourth-order valence-corrected chi connectivity index (χ4v) is 2.72. The van der Waals surface area contributed by atoms with Crippen LogP contribution in [0.1, 0.15) is 30.7 Å². The molecule has 1 unspecified atom stereocenters. The summed E-state index contributed by atoms with van der Waals surface area (Å²) in [7, 11) is 0. The van der Waals surface area contributed by atoms with Crippen molar-refractivity contribution < 1.29 is 0 Å². The number of hydrogen-bond acceptors (Lipinski definition) is 2. The molecule has 1 saturated heterocycles. The van der Waals surface area contributed by atoms with Crippen molar-refractivity contribution in [3.8, 4) is 0 Å². The Morgan fingerprint density at radius 3 is 2.71 bits per heavy atom. The predicted octanol–water partition coefficient (Wildman–Crippen LogP) is 2.87.